The zero-order chi connectivity index (χ0) is 81.8. The van der Waals surface area contributed by atoms with Crippen LogP contribution in [0.2, 0.25) is 0 Å². The Morgan fingerprint density at radius 3 is 0.900 bits per heavy atom. The highest BCUT2D eigenvalue weighted by molar-refractivity contribution is 7.00. The van der Waals surface area contributed by atoms with E-state index in [1.807, 2.05) is 12.1 Å². The summed E-state index contributed by atoms with van der Waals surface area (Å²) >= 11 is 0. The Kier molecular flexibility index (Phi) is 16.1. The fourth-order valence-corrected chi connectivity index (χ4v) is 19.5. The van der Waals surface area contributed by atoms with Crippen molar-refractivity contribution in [1.82, 2.24) is 9.13 Å². The lowest BCUT2D eigenvalue weighted by atomic mass is 9.33. The molecule has 0 unspecified atom stereocenters. The van der Waals surface area contributed by atoms with E-state index in [-0.39, 0.29) is 5.56 Å². The average Bonchev–Trinajstić information content (AvgIpc) is 0.941. The van der Waals surface area contributed by atoms with Crippen molar-refractivity contribution in [3.05, 3.63) is 454 Å². The second-order valence-corrected chi connectivity index (χ2v) is 31.5. The van der Waals surface area contributed by atoms with Crippen LogP contribution in [0.5, 0.6) is 0 Å². The number of hydrogen-bond acceptors (Lipinski definition) is 2. The largest absolute Gasteiger partial charge is 0.310 e. The van der Waals surface area contributed by atoms with Crippen molar-refractivity contribution in [2.45, 2.75) is 6.85 Å². The van der Waals surface area contributed by atoms with E-state index < -0.39 is 13.6 Å². The van der Waals surface area contributed by atoms with Crippen molar-refractivity contribution in [3.63, 3.8) is 0 Å². The number of aryl methyl sites for hydroxylation is 1. The molecule has 4 nitrogen and oxygen atoms in total. The zero-order valence-corrected chi connectivity index (χ0v) is 65.6. The normalized spacial score (nSPS) is 12.6. The minimum atomic E-state index is -2.64. The van der Waals surface area contributed by atoms with Crippen LogP contribution in [-0.4, -0.2) is 15.8 Å². The molecule has 2 aromatic heterocycles. The quantitative estimate of drug-likeness (QED) is 0.101. The van der Waals surface area contributed by atoms with Gasteiger partial charge in [0.05, 0.1) is 33.4 Å². The number of anilines is 6. The van der Waals surface area contributed by atoms with Crippen molar-refractivity contribution < 1.29 is 4.11 Å². The molecular weight excluding hydrogens is 1450 g/mol. The van der Waals surface area contributed by atoms with Crippen molar-refractivity contribution in [2.75, 3.05) is 9.80 Å². The number of rotatable bonds is 14. The van der Waals surface area contributed by atoms with Crippen molar-refractivity contribution in [1.29, 1.82) is 0 Å². The molecule has 0 aliphatic carbocycles. The lowest BCUT2D eigenvalue weighted by molar-refractivity contribution is 1.16. The van der Waals surface area contributed by atoms with E-state index in [9.17, 15) is 4.11 Å². The van der Waals surface area contributed by atoms with Gasteiger partial charge >= 0.3 is 0 Å². The maximum absolute atomic E-state index is 10.1. The lowest BCUT2D eigenvalue weighted by Crippen LogP contribution is -2.61. The molecule has 0 fully saturated rings. The molecule has 0 atom stereocenters. The molecule has 0 saturated heterocycles. The molecule has 120 heavy (non-hydrogen) atoms. The van der Waals surface area contributed by atoms with Crippen LogP contribution in [0.3, 0.4) is 0 Å². The molecule has 19 aromatic carbocycles. The van der Waals surface area contributed by atoms with E-state index >= 15 is 0 Å². The van der Waals surface area contributed by atoms with Gasteiger partial charge < -0.3 is 18.9 Å². The van der Waals surface area contributed by atoms with Crippen LogP contribution in [-0.2, 0) is 0 Å². The van der Waals surface area contributed by atoms with Gasteiger partial charge in [-0.05, 0) is 197 Å². The summed E-state index contributed by atoms with van der Waals surface area (Å²) in [5, 5.41) is 4.56. The van der Waals surface area contributed by atoms with E-state index in [1.165, 1.54) is 0 Å². The summed E-state index contributed by atoms with van der Waals surface area (Å²) < 4.78 is 35.2. The second kappa shape index (κ2) is 29.0. The molecule has 0 spiro atoms. The minimum absolute atomic E-state index is 0.205. The van der Waals surface area contributed by atoms with Crippen LogP contribution in [0.25, 0.3) is 166 Å². The zero-order valence-electron chi connectivity index (χ0n) is 68.6. The molecular formula is C115H77BN4. The van der Waals surface area contributed by atoms with E-state index in [0.717, 1.165) is 217 Å². The first-order valence-electron chi connectivity index (χ1n) is 42.8. The minimum Gasteiger partial charge on any atom is -0.310 e. The first-order valence-corrected chi connectivity index (χ1v) is 41.3. The molecule has 21 aromatic rings. The lowest BCUT2D eigenvalue weighted by Gasteiger charge is -2.46. The maximum Gasteiger partial charge on any atom is 0.252 e. The van der Waals surface area contributed by atoms with Crippen LogP contribution in [0.4, 0.5) is 34.1 Å². The summed E-state index contributed by atoms with van der Waals surface area (Å²) in [5.74, 6) is 0. The van der Waals surface area contributed by atoms with Gasteiger partial charge in [-0.15, -0.1) is 0 Å². The van der Waals surface area contributed by atoms with E-state index in [2.05, 4.69) is 456 Å². The third-order valence-electron chi connectivity index (χ3n) is 24.8. The highest BCUT2D eigenvalue weighted by atomic mass is 15.2. The third-order valence-corrected chi connectivity index (χ3v) is 24.8. The fraction of sp³-hybridized carbons (Fsp3) is 0.00870. The van der Waals surface area contributed by atoms with Gasteiger partial charge in [-0.1, -0.05) is 370 Å². The maximum atomic E-state index is 10.1. The van der Waals surface area contributed by atoms with Gasteiger partial charge in [0.25, 0.3) is 6.71 Å². The molecule has 2 aliphatic heterocycles. The van der Waals surface area contributed by atoms with Gasteiger partial charge in [-0.2, -0.15) is 0 Å². The molecule has 0 amide bonds. The Morgan fingerprint density at radius 1 is 0.200 bits per heavy atom. The predicted molar refractivity (Wildman–Crippen MR) is 508 cm³/mol. The van der Waals surface area contributed by atoms with Gasteiger partial charge in [0.2, 0.25) is 0 Å². The van der Waals surface area contributed by atoms with Crippen molar-refractivity contribution >= 4 is 101 Å². The van der Waals surface area contributed by atoms with Crippen molar-refractivity contribution in [3.8, 4) is 123 Å². The summed E-state index contributed by atoms with van der Waals surface area (Å²) in [6.07, 6.45) is 0. The SMILES string of the molecule is [2H]C([2H])([2H])c1cc2c3c(c1)N(c1c(-c4ccccc4)cccc1-c1cccc(-c4ccccc4-c4ccccc4)c1)c1cc(-n4c5ccccc5c5cc(-c6ccccc6)ccc54)ccc1B3c1ccc(-n3c4ccccc4c4cc(-c5ccccc5)ccc43)cc1N2c1c(-c2ccccc2)cccc1-c1ccc(-c2ccccc2-c2ccccc2)cc1. The topological polar surface area (TPSA) is 16.3 Å². The van der Waals surface area contributed by atoms with E-state index in [0.29, 0.717) is 0 Å². The van der Waals surface area contributed by atoms with Crippen LogP contribution >= 0.6 is 0 Å². The van der Waals surface area contributed by atoms with Gasteiger partial charge in [0.1, 0.15) is 0 Å². The number of nitrogens with zero attached hydrogens (tertiary/aromatic N) is 4. The molecule has 0 saturated carbocycles. The Hall–Kier alpha value is -15.6. The summed E-state index contributed by atoms with van der Waals surface area (Å²) in [6, 6.07) is 163. The first kappa shape index (κ1) is 66.7. The Balaban J connectivity index is 0.836. The average molecular weight is 1530 g/mol. The second-order valence-electron chi connectivity index (χ2n) is 31.5. The van der Waals surface area contributed by atoms with E-state index in [4.69, 9.17) is 0 Å². The van der Waals surface area contributed by atoms with Gasteiger partial charge in [0.15, 0.2) is 0 Å². The first-order chi connectivity index (χ1) is 60.7. The molecule has 2 aliphatic rings. The molecule has 4 heterocycles. The smallest absolute Gasteiger partial charge is 0.252 e. The van der Waals surface area contributed by atoms with Crippen LogP contribution in [0, 0.1) is 6.85 Å². The van der Waals surface area contributed by atoms with Crippen LogP contribution in [0.1, 0.15) is 9.68 Å². The standard InChI is InChI=1S/C115H77BN4/c1-76-69-111-113-112(70-76)120(115-96(82-41-18-7-19-42-82)52-30-54-98(115)88-44-28-43-87(71-88)94-48-23-22-46-92(94)80-37-14-5-15-38-80)110-75-90(118-106-56-27-25-50-100(106)102-73-86(62-68-108(102)118)78-33-10-3-11-34-78)64-66-104(110)116(113)103-65-63-89(117-105-55-26-24-49-99(105)101-72-85(61-67-107(101)117)77-31-8-2-9-32-77)74-109(103)119(111)114-95(81-39-16-6-17-40-81)51-29-53-97(114)84-59-57-83(58-60-84)93-47-21-20-45-91(93)79-35-12-4-13-36-79/h2-75H,1H3/i1D3. The molecule has 23 rings (SSSR count). The number of aromatic nitrogens is 2. The fourth-order valence-electron chi connectivity index (χ4n) is 19.5. The van der Waals surface area contributed by atoms with Crippen LogP contribution in [0.15, 0.2) is 449 Å². The number of fused-ring (bicyclic) bond motifs is 10. The number of hydrogen-bond donors (Lipinski definition) is 0. The summed E-state index contributed by atoms with van der Waals surface area (Å²) in [4.78, 5) is 4.94. The third kappa shape index (κ3) is 11.7. The number of para-hydroxylation sites is 4. The molecule has 5 heteroatoms. The van der Waals surface area contributed by atoms with Gasteiger partial charge in [-0.3, -0.25) is 0 Å². The predicted octanol–water partition coefficient (Wildman–Crippen LogP) is 28.9. The Labute approximate surface area is 703 Å². The monoisotopic (exact) mass is 1530 g/mol. The molecule has 0 radical (unpaired) electrons. The Bertz CT molecular complexity index is 7720. The molecule has 0 bridgehead atoms. The Morgan fingerprint density at radius 2 is 0.492 bits per heavy atom. The molecule has 0 N–H and O–H groups in total. The highest BCUT2D eigenvalue weighted by Gasteiger charge is 2.46. The van der Waals surface area contributed by atoms with Crippen LogP contribution < -0.4 is 26.2 Å². The summed E-state index contributed by atoms with van der Waals surface area (Å²) in [7, 11) is 0. The molecule has 560 valence electrons. The van der Waals surface area contributed by atoms with Crippen molar-refractivity contribution in [2.24, 2.45) is 0 Å². The van der Waals surface area contributed by atoms with E-state index in [1.54, 1.807) is 0 Å². The summed E-state index contributed by atoms with van der Waals surface area (Å²) in [6.45, 7) is -3.12. The highest BCUT2D eigenvalue weighted by Crippen LogP contribution is 2.55. The van der Waals surface area contributed by atoms with Gasteiger partial charge in [-0.25, -0.2) is 0 Å². The summed E-state index contributed by atoms with van der Waals surface area (Å²) in [5.41, 5.74) is 36.1. The number of benzene rings is 19. The van der Waals surface area contributed by atoms with Gasteiger partial charge in [0, 0.05) is 82.0 Å².